The highest BCUT2D eigenvalue weighted by atomic mass is 79.9. The van der Waals surface area contributed by atoms with Crippen LogP contribution in [-0.4, -0.2) is 35.7 Å². The zero-order chi connectivity index (χ0) is 19.2. The van der Waals surface area contributed by atoms with Crippen LogP contribution in [0.15, 0.2) is 45.6 Å². The molecule has 4 nitrogen and oxygen atoms in total. The topological polar surface area (TPSA) is 41.6 Å². The SMILES string of the molecule is CCOC(=O)NC(=S)C1=C(N2CCCCC2)/C(=C/c2ccc(Br)cc2)CC1. The highest BCUT2D eigenvalue weighted by Crippen LogP contribution is 2.37. The average Bonchev–Trinajstić information content (AvgIpc) is 3.08. The van der Waals surface area contributed by atoms with Gasteiger partial charge < -0.3 is 9.64 Å². The Balaban J connectivity index is 1.91. The fraction of sp³-hybridized carbons (Fsp3) is 0.429. The summed E-state index contributed by atoms with van der Waals surface area (Å²) < 4.78 is 6.07. The average molecular weight is 449 g/mol. The van der Waals surface area contributed by atoms with Gasteiger partial charge in [0.25, 0.3) is 0 Å². The second-order valence-corrected chi connectivity index (χ2v) is 8.09. The van der Waals surface area contributed by atoms with Crippen molar-refractivity contribution in [2.24, 2.45) is 0 Å². The van der Waals surface area contributed by atoms with Crippen molar-refractivity contribution in [1.82, 2.24) is 10.2 Å². The smallest absolute Gasteiger partial charge is 0.412 e. The molecule has 0 bridgehead atoms. The summed E-state index contributed by atoms with van der Waals surface area (Å²) in [5.41, 5.74) is 4.73. The van der Waals surface area contributed by atoms with Crippen LogP contribution in [0.4, 0.5) is 4.79 Å². The van der Waals surface area contributed by atoms with Gasteiger partial charge in [0.1, 0.15) is 4.99 Å². The summed E-state index contributed by atoms with van der Waals surface area (Å²) in [4.78, 5) is 14.8. The number of alkyl carbamates (subject to hydrolysis) is 1. The fourth-order valence-corrected chi connectivity index (χ4v) is 4.21. The summed E-state index contributed by atoms with van der Waals surface area (Å²) >= 11 is 9.04. The van der Waals surface area contributed by atoms with Crippen LogP contribution in [0, 0.1) is 0 Å². The molecule has 1 saturated heterocycles. The second kappa shape index (κ2) is 9.51. The second-order valence-electron chi connectivity index (χ2n) is 6.77. The number of allylic oxidation sites excluding steroid dienone is 1. The number of piperidine rings is 1. The predicted octanol–water partition coefficient (Wildman–Crippen LogP) is 5.44. The summed E-state index contributed by atoms with van der Waals surface area (Å²) in [5, 5.41) is 2.74. The molecule has 1 amide bonds. The monoisotopic (exact) mass is 448 g/mol. The molecule has 0 spiro atoms. The molecule has 0 atom stereocenters. The highest BCUT2D eigenvalue weighted by Gasteiger charge is 2.28. The van der Waals surface area contributed by atoms with E-state index in [1.54, 1.807) is 6.92 Å². The van der Waals surface area contributed by atoms with Crippen molar-refractivity contribution >= 4 is 45.3 Å². The van der Waals surface area contributed by atoms with E-state index in [0.29, 0.717) is 11.6 Å². The van der Waals surface area contributed by atoms with Gasteiger partial charge in [-0.3, -0.25) is 5.32 Å². The number of nitrogens with zero attached hydrogens (tertiary/aromatic N) is 1. The molecule has 1 aliphatic carbocycles. The molecule has 0 unspecified atom stereocenters. The van der Waals surface area contributed by atoms with Crippen molar-refractivity contribution in [3.05, 3.63) is 51.1 Å². The van der Waals surface area contributed by atoms with Gasteiger partial charge >= 0.3 is 6.09 Å². The van der Waals surface area contributed by atoms with Crippen molar-refractivity contribution in [2.45, 2.75) is 39.0 Å². The number of carbonyl (C=O) groups is 1. The van der Waals surface area contributed by atoms with E-state index < -0.39 is 6.09 Å². The van der Waals surface area contributed by atoms with E-state index in [1.807, 2.05) is 0 Å². The number of hydrogen-bond acceptors (Lipinski definition) is 4. The van der Waals surface area contributed by atoms with Crippen molar-refractivity contribution < 1.29 is 9.53 Å². The maximum Gasteiger partial charge on any atom is 0.412 e. The van der Waals surface area contributed by atoms with Gasteiger partial charge in [-0.2, -0.15) is 0 Å². The largest absolute Gasteiger partial charge is 0.450 e. The Kier molecular flexibility index (Phi) is 7.07. The van der Waals surface area contributed by atoms with E-state index >= 15 is 0 Å². The Labute approximate surface area is 174 Å². The van der Waals surface area contributed by atoms with Gasteiger partial charge in [0, 0.05) is 28.8 Å². The fourth-order valence-electron chi connectivity index (χ4n) is 3.66. The standard InChI is InChI=1S/C21H25BrN2O2S/c1-2-26-21(25)23-20(27)18-11-8-16(14-15-6-9-17(22)10-7-15)19(18)24-12-4-3-5-13-24/h6-7,9-10,14H,2-5,8,11-13H2,1H3,(H,23,25,27)/b16-14+. The third-order valence-corrected chi connectivity index (χ3v) is 5.76. The Morgan fingerprint density at radius 2 is 1.93 bits per heavy atom. The normalized spacial score (nSPS) is 18.7. The lowest BCUT2D eigenvalue weighted by Crippen LogP contribution is -2.34. The first kappa shape index (κ1) is 20.1. The molecule has 1 N–H and O–H groups in total. The van der Waals surface area contributed by atoms with Crippen LogP contribution in [0.5, 0.6) is 0 Å². The predicted molar refractivity (Wildman–Crippen MR) is 117 cm³/mol. The van der Waals surface area contributed by atoms with Crippen molar-refractivity contribution in [3.63, 3.8) is 0 Å². The lowest BCUT2D eigenvalue weighted by molar-refractivity contribution is 0.158. The van der Waals surface area contributed by atoms with E-state index in [9.17, 15) is 4.79 Å². The zero-order valence-corrected chi connectivity index (χ0v) is 18.0. The van der Waals surface area contributed by atoms with Crippen LogP contribution in [0.2, 0.25) is 0 Å². The number of hydrogen-bond donors (Lipinski definition) is 1. The molecular formula is C21H25BrN2O2S. The number of likely N-dealkylation sites (tertiary alicyclic amines) is 1. The Hall–Kier alpha value is -1.66. The first-order valence-corrected chi connectivity index (χ1v) is 10.7. The highest BCUT2D eigenvalue weighted by molar-refractivity contribution is 9.10. The summed E-state index contributed by atoms with van der Waals surface area (Å²) in [7, 11) is 0. The van der Waals surface area contributed by atoms with Gasteiger partial charge in [-0.15, -0.1) is 0 Å². The van der Waals surface area contributed by atoms with Gasteiger partial charge in [0.05, 0.1) is 6.61 Å². The number of benzene rings is 1. The molecule has 1 aliphatic heterocycles. The van der Waals surface area contributed by atoms with E-state index in [2.05, 4.69) is 56.5 Å². The maximum atomic E-state index is 11.8. The molecular weight excluding hydrogens is 424 g/mol. The zero-order valence-electron chi connectivity index (χ0n) is 15.6. The van der Waals surface area contributed by atoms with Gasteiger partial charge in [-0.05, 0) is 68.4 Å². The number of rotatable bonds is 4. The molecule has 1 heterocycles. The van der Waals surface area contributed by atoms with Crippen LogP contribution in [0.3, 0.4) is 0 Å². The van der Waals surface area contributed by atoms with Crippen LogP contribution in [0.25, 0.3) is 6.08 Å². The van der Waals surface area contributed by atoms with Crippen molar-refractivity contribution in [3.8, 4) is 0 Å². The first-order valence-electron chi connectivity index (χ1n) is 9.51. The molecule has 1 aromatic carbocycles. The molecule has 6 heteroatoms. The minimum atomic E-state index is -0.474. The summed E-state index contributed by atoms with van der Waals surface area (Å²) in [6, 6.07) is 8.33. The molecule has 1 fully saturated rings. The van der Waals surface area contributed by atoms with E-state index in [0.717, 1.165) is 36.0 Å². The third-order valence-electron chi connectivity index (χ3n) is 4.88. The first-order chi connectivity index (χ1) is 13.1. The van der Waals surface area contributed by atoms with Gasteiger partial charge in [0.15, 0.2) is 0 Å². The maximum absolute atomic E-state index is 11.8. The number of nitrogens with one attached hydrogen (secondary N) is 1. The Morgan fingerprint density at radius 1 is 1.22 bits per heavy atom. The lowest BCUT2D eigenvalue weighted by Gasteiger charge is -2.32. The number of amides is 1. The molecule has 0 saturated carbocycles. The Bertz CT molecular complexity index is 765. The van der Waals surface area contributed by atoms with E-state index in [-0.39, 0.29) is 0 Å². The summed E-state index contributed by atoms with van der Waals surface area (Å²) in [6.07, 6.45) is 7.22. The van der Waals surface area contributed by atoms with Crippen LogP contribution in [-0.2, 0) is 4.74 Å². The minimum absolute atomic E-state index is 0.335. The lowest BCUT2D eigenvalue weighted by atomic mass is 10.0. The van der Waals surface area contributed by atoms with Gasteiger partial charge in [-0.25, -0.2) is 4.79 Å². The molecule has 27 heavy (non-hydrogen) atoms. The molecule has 1 aromatic rings. The number of ether oxygens (including phenoxy) is 1. The van der Waals surface area contributed by atoms with Crippen molar-refractivity contribution in [2.75, 3.05) is 19.7 Å². The minimum Gasteiger partial charge on any atom is -0.450 e. The quantitative estimate of drug-likeness (QED) is 0.622. The number of thiocarbonyl (C=S) groups is 1. The van der Waals surface area contributed by atoms with Gasteiger partial charge in [0.2, 0.25) is 0 Å². The Morgan fingerprint density at radius 3 is 2.59 bits per heavy atom. The van der Waals surface area contributed by atoms with E-state index in [1.165, 1.54) is 36.1 Å². The van der Waals surface area contributed by atoms with Gasteiger partial charge in [-0.1, -0.05) is 40.3 Å². The van der Waals surface area contributed by atoms with Crippen LogP contribution >= 0.6 is 28.1 Å². The number of carbonyl (C=O) groups excluding carboxylic acids is 1. The molecule has 2 aliphatic rings. The number of halogens is 1. The van der Waals surface area contributed by atoms with Crippen molar-refractivity contribution in [1.29, 1.82) is 0 Å². The third kappa shape index (κ3) is 5.20. The molecule has 0 aromatic heterocycles. The summed E-state index contributed by atoms with van der Waals surface area (Å²) in [5.74, 6) is 0. The summed E-state index contributed by atoms with van der Waals surface area (Å²) in [6.45, 7) is 4.20. The van der Waals surface area contributed by atoms with Crippen LogP contribution < -0.4 is 5.32 Å². The molecule has 3 rings (SSSR count). The molecule has 144 valence electrons. The van der Waals surface area contributed by atoms with E-state index in [4.69, 9.17) is 17.0 Å². The van der Waals surface area contributed by atoms with Crippen LogP contribution in [0.1, 0.15) is 44.6 Å². The molecule has 0 radical (unpaired) electrons.